The quantitative estimate of drug-likeness (QED) is 0.594. The number of nitrogens with zero attached hydrogens (tertiary/aromatic N) is 1. The highest BCUT2D eigenvalue weighted by atomic mass is 19.1. The van der Waals surface area contributed by atoms with Gasteiger partial charge in [0.15, 0.2) is 0 Å². The van der Waals surface area contributed by atoms with Gasteiger partial charge in [-0.1, -0.05) is 32.6 Å². The van der Waals surface area contributed by atoms with Crippen molar-refractivity contribution >= 4 is 0 Å². The molecule has 0 aliphatic heterocycles. The van der Waals surface area contributed by atoms with Crippen LogP contribution in [0.5, 0.6) is 0 Å². The molecule has 25 heavy (non-hydrogen) atoms. The lowest BCUT2D eigenvalue weighted by molar-refractivity contribution is 0.156. The molecule has 0 unspecified atom stereocenters. The Labute approximate surface area is 150 Å². The van der Waals surface area contributed by atoms with Crippen molar-refractivity contribution in [3.63, 3.8) is 0 Å². The van der Waals surface area contributed by atoms with Gasteiger partial charge in [-0.3, -0.25) is 0 Å². The lowest BCUT2D eigenvalue weighted by atomic mass is 9.68. The van der Waals surface area contributed by atoms with E-state index in [9.17, 15) is 8.78 Å². The Bertz CT molecular complexity index is 594. The Hall–Kier alpha value is -1.43. The number of rotatable bonds is 4. The van der Waals surface area contributed by atoms with E-state index >= 15 is 0 Å². The smallest absolute Gasteiger partial charge is 0.144 e. The first-order chi connectivity index (χ1) is 12.1. The monoisotopic (exact) mass is 345 g/mol. The molecule has 2 aliphatic carbocycles. The molecule has 0 saturated heterocycles. The molecule has 0 radical (unpaired) electrons. The zero-order valence-corrected chi connectivity index (χ0v) is 15.2. The first-order valence-corrected chi connectivity index (χ1v) is 10.0. The second-order valence-corrected chi connectivity index (χ2v) is 8.15. The number of hydrogen-bond acceptors (Lipinski definition) is 1. The van der Waals surface area contributed by atoms with Crippen molar-refractivity contribution in [2.24, 2.45) is 17.8 Å². The fraction of sp³-hybridized carbons (Fsp3) is 0.682. The van der Waals surface area contributed by atoms with E-state index in [1.807, 2.05) is 0 Å². The predicted molar refractivity (Wildman–Crippen MR) is 96.1 cm³/mol. The molecule has 2 aliphatic rings. The summed E-state index contributed by atoms with van der Waals surface area (Å²) in [5.41, 5.74) is 0.278. The summed E-state index contributed by atoms with van der Waals surface area (Å²) >= 11 is 0. The average Bonchev–Trinajstić information content (AvgIpc) is 2.62. The molecule has 0 bridgehead atoms. The molecule has 0 N–H and O–H groups in total. The Kier molecular flexibility index (Phi) is 6.10. The molecule has 2 saturated carbocycles. The lowest BCUT2D eigenvalue weighted by Crippen LogP contribution is -2.25. The first-order valence-electron chi connectivity index (χ1n) is 10.0. The van der Waals surface area contributed by atoms with E-state index in [0.717, 1.165) is 36.2 Å². The fourth-order valence-corrected chi connectivity index (χ4v) is 5.22. The minimum absolute atomic E-state index is 0.240. The molecule has 0 amide bonds. The van der Waals surface area contributed by atoms with Crippen molar-refractivity contribution in [3.8, 4) is 6.07 Å². The summed E-state index contributed by atoms with van der Waals surface area (Å²) in [7, 11) is 0. The SMILES string of the molecule is CCC[C@H]1CC[C@H]([C@H]2CC[C@H](c3cc(F)c(C#N)c(F)c3)CC2)CC1. The molecule has 0 atom stereocenters. The summed E-state index contributed by atoms with van der Waals surface area (Å²) in [6.07, 6.45) is 12.6. The second kappa shape index (κ2) is 8.30. The van der Waals surface area contributed by atoms with E-state index in [2.05, 4.69) is 6.92 Å². The maximum atomic E-state index is 13.9. The van der Waals surface area contributed by atoms with E-state index < -0.39 is 17.2 Å². The molecule has 0 spiro atoms. The highest BCUT2D eigenvalue weighted by molar-refractivity contribution is 5.36. The van der Waals surface area contributed by atoms with Gasteiger partial charge in [0.2, 0.25) is 0 Å². The normalized spacial score (nSPS) is 30.0. The van der Waals surface area contributed by atoms with E-state index in [4.69, 9.17) is 5.26 Å². The molecule has 2 fully saturated rings. The Morgan fingerprint density at radius 1 is 0.920 bits per heavy atom. The average molecular weight is 345 g/mol. The minimum Gasteiger partial charge on any atom is -0.205 e. The van der Waals surface area contributed by atoms with Gasteiger partial charge in [0.1, 0.15) is 23.3 Å². The zero-order chi connectivity index (χ0) is 17.8. The molecule has 3 rings (SSSR count). The van der Waals surface area contributed by atoms with Crippen LogP contribution < -0.4 is 0 Å². The van der Waals surface area contributed by atoms with Crippen molar-refractivity contribution < 1.29 is 8.78 Å². The highest BCUT2D eigenvalue weighted by Crippen LogP contribution is 2.44. The minimum atomic E-state index is -0.714. The largest absolute Gasteiger partial charge is 0.205 e. The van der Waals surface area contributed by atoms with Crippen LogP contribution in [0.1, 0.15) is 88.2 Å². The van der Waals surface area contributed by atoms with Crippen LogP contribution in [0.4, 0.5) is 8.78 Å². The maximum absolute atomic E-state index is 13.9. The molecule has 3 heteroatoms. The Morgan fingerprint density at radius 3 is 1.92 bits per heavy atom. The van der Waals surface area contributed by atoms with Crippen LogP contribution in [0.2, 0.25) is 0 Å². The summed E-state index contributed by atoms with van der Waals surface area (Å²) in [5.74, 6) is 1.42. The molecule has 1 aromatic rings. The third-order valence-electron chi connectivity index (χ3n) is 6.67. The van der Waals surface area contributed by atoms with Crippen molar-refractivity contribution in [2.45, 2.75) is 77.0 Å². The summed E-state index contributed by atoms with van der Waals surface area (Å²) in [6.45, 7) is 2.28. The standard InChI is InChI=1S/C22H29F2N/c1-2-3-15-4-6-16(7-5-15)17-8-10-18(11-9-17)19-12-21(23)20(14-25)22(24)13-19/h12-13,15-18H,2-11H2,1H3/t15-,16-,17-,18-. The number of hydrogen-bond donors (Lipinski definition) is 0. The number of benzene rings is 1. The summed E-state index contributed by atoms with van der Waals surface area (Å²) in [6, 6.07) is 4.36. The van der Waals surface area contributed by atoms with Gasteiger partial charge in [-0.05, 0) is 79.9 Å². The van der Waals surface area contributed by atoms with Crippen molar-refractivity contribution in [1.82, 2.24) is 0 Å². The highest BCUT2D eigenvalue weighted by Gasteiger charge is 2.31. The van der Waals surface area contributed by atoms with Gasteiger partial charge in [0, 0.05) is 0 Å². The van der Waals surface area contributed by atoms with Crippen LogP contribution in [0, 0.1) is 40.7 Å². The molecule has 0 aromatic heterocycles. The van der Waals surface area contributed by atoms with Gasteiger partial charge < -0.3 is 0 Å². The fourth-order valence-electron chi connectivity index (χ4n) is 5.22. The van der Waals surface area contributed by atoms with Crippen LogP contribution in [-0.4, -0.2) is 0 Å². The van der Waals surface area contributed by atoms with Crippen LogP contribution in [0.25, 0.3) is 0 Å². The van der Waals surface area contributed by atoms with Gasteiger partial charge in [-0.25, -0.2) is 8.78 Å². The van der Waals surface area contributed by atoms with Crippen LogP contribution >= 0.6 is 0 Å². The van der Waals surface area contributed by atoms with Crippen molar-refractivity contribution in [3.05, 3.63) is 34.9 Å². The van der Waals surface area contributed by atoms with Crippen molar-refractivity contribution in [2.75, 3.05) is 0 Å². The Morgan fingerprint density at radius 2 is 1.44 bits per heavy atom. The van der Waals surface area contributed by atoms with Crippen LogP contribution in [0.3, 0.4) is 0 Å². The molecular weight excluding hydrogens is 316 g/mol. The molecule has 136 valence electrons. The number of halogens is 2. The Balaban J connectivity index is 1.55. The maximum Gasteiger partial charge on any atom is 0.144 e. The van der Waals surface area contributed by atoms with Crippen LogP contribution in [-0.2, 0) is 0 Å². The third-order valence-corrected chi connectivity index (χ3v) is 6.67. The van der Waals surface area contributed by atoms with Gasteiger partial charge in [0.05, 0.1) is 0 Å². The first kappa shape index (κ1) is 18.4. The summed E-state index contributed by atoms with van der Waals surface area (Å²) in [4.78, 5) is 0. The molecule has 0 heterocycles. The summed E-state index contributed by atoms with van der Waals surface area (Å²) in [5, 5.41) is 8.80. The molecule has 1 nitrogen and oxygen atoms in total. The predicted octanol–water partition coefficient (Wildman–Crippen LogP) is 6.72. The van der Waals surface area contributed by atoms with Gasteiger partial charge >= 0.3 is 0 Å². The van der Waals surface area contributed by atoms with Crippen molar-refractivity contribution in [1.29, 1.82) is 5.26 Å². The van der Waals surface area contributed by atoms with E-state index in [1.54, 1.807) is 6.07 Å². The van der Waals surface area contributed by atoms with E-state index in [1.165, 1.54) is 63.5 Å². The topological polar surface area (TPSA) is 23.8 Å². The molecule has 1 aromatic carbocycles. The lowest BCUT2D eigenvalue weighted by Gasteiger charge is -2.38. The zero-order valence-electron chi connectivity index (χ0n) is 15.2. The van der Waals surface area contributed by atoms with E-state index in [0.29, 0.717) is 0 Å². The molecular formula is C22H29F2N. The number of nitriles is 1. The van der Waals surface area contributed by atoms with Gasteiger partial charge in [0.25, 0.3) is 0 Å². The van der Waals surface area contributed by atoms with E-state index in [-0.39, 0.29) is 5.92 Å². The third kappa shape index (κ3) is 4.22. The van der Waals surface area contributed by atoms with Gasteiger partial charge in [-0.2, -0.15) is 5.26 Å². The van der Waals surface area contributed by atoms with Crippen LogP contribution in [0.15, 0.2) is 12.1 Å². The second-order valence-electron chi connectivity index (χ2n) is 8.15. The van der Waals surface area contributed by atoms with Gasteiger partial charge in [-0.15, -0.1) is 0 Å². The summed E-state index contributed by atoms with van der Waals surface area (Å²) < 4.78 is 27.7.